The Kier molecular flexibility index (Phi) is 3.52. The number of halogens is 4. The molecule has 0 aliphatic rings. The fourth-order valence-electron chi connectivity index (χ4n) is 1.37. The monoisotopic (exact) mass is 275 g/mol. The highest BCUT2D eigenvalue weighted by Crippen LogP contribution is 2.20. The van der Waals surface area contributed by atoms with E-state index in [0.29, 0.717) is 0 Å². The van der Waals surface area contributed by atoms with Crippen molar-refractivity contribution in [1.82, 2.24) is 15.0 Å². The predicted octanol–water partition coefficient (Wildman–Crippen LogP) is 1.52. The maximum absolute atomic E-state index is 13.4. The molecule has 2 rings (SSSR count). The Bertz CT molecular complexity index is 580. The van der Waals surface area contributed by atoms with Gasteiger partial charge in [0.15, 0.2) is 23.3 Å². The summed E-state index contributed by atoms with van der Waals surface area (Å²) < 4.78 is 52.7. The normalized spacial score (nSPS) is 10.7. The quantitative estimate of drug-likeness (QED) is 0.474. The van der Waals surface area contributed by atoms with Crippen LogP contribution in [-0.4, -0.2) is 15.0 Å². The SMILES string of the molecule is Fc1cc(F)c(F)c(Cc2ncnc(P)n2)c1F. The number of benzene rings is 1. The Morgan fingerprint density at radius 1 is 1.00 bits per heavy atom. The first-order chi connectivity index (χ1) is 8.49. The lowest BCUT2D eigenvalue weighted by Gasteiger charge is -2.06. The van der Waals surface area contributed by atoms with Gasteiger partial charge >= 0.3 is 0 Å². The van der Waals surface area contributed by atoms with Crippen molar-refractivity contribution >= 4 is 14.8 Å². The van der Waals surface area contributed by atoms with Crippen LogP contribution in [0.3, 0.4) is 0 Å². The lowest BCUT2D eigenvalue weighted by atomic mass is 10.1. The first-order valence-corrected chi connectivity index (χ1v) is 5.32. The Morgan fingerprint density at radius 2 is 1.61 bits per heavy atom. The molecular weight excluding hydrogens is 269 g/mol. The second kappa shape index (κ2) is 4.94. The molecule has 1 aromatic heterocycles. The van der Waals surface area contributed by atoms with Crippen molar-refractivity contribution in [3.63, 3.8) is 0 Å². The van der Waals surface area contributed by atoms with E-state index in [0.717, 1.165) is 6.33 Å². The van der Waals surface area contributed by atoms with Gasteiger partial charge in [-0.05, 0) is 0 Å². The number of hydrogen-bond acceptors (Lipinski definition) is 3. The third kappa shape index (κ3) is 2.46. The van der Waals surface area contributed by atoms with E-state index in [9.17, 15) is 17.6 Å². The van der Waals surface area contributed by atoms with Crippen molar-refractivity contribution in [2.45, 2.75) is 6.42 Å². The molecule has 0 bridgehead atoms. The van der Waals surface area contributed by atoms with Crippen molar-refractivity contribution in [2.75, 3.05) is 0 Å². The van der Waals surface area contributed by atoms with E-state index in [1.807, 2.05) is 0 Å². The molecule has 0 spiro atoms. The minimum atomic E-state index is -1.45. The molecule has 94 valence electrons. The Labute approximate surface area is 102 Å². The van der Waals surface area contributed by atoms with Gasteiger partial charge in [0.25, 0.3) is 0 Å². The first-order valence-electron chi connectivity index (χ1n) is 4.74. The Balaban J connectivity index is 2.46. The molecule has 0 saturated heterocycles. The third-order valence-electron chi connectivity index (χ3n) is 2.18. The van der Waals surface area contributed by atoms with Crippen LogP contribution in [-0.2, 0) is 6.42 Å². The smallest absolute Gasteiger partial charge is 0.165 e. The molecule has 3 nitrogen and oxygen atoms in total. The van der Waals surface area contributed by atoms with Crippen LogP contribution in [0.4, 0.5) is 17.6 Å². The molecular formula is C10H6F4N3P. The molecule has 2 aromatic rings. The molecule has 0 amide bonds. The van der Waals surface area contributed by atoms with Crippen LogP contribution in [0.15, 0.2) is 12.4 Å². The maximum atomic E-state index is 13.4. The highest BCUT2D eigenvalue weighted by atomic mass is 31.0. The highest BCUT2D eigenvalue weighted by Gasteiger charge is 2.20. The minimum Gasteiger partial charge on any atom is -0.221 e. The maximum Gasteiger partial charge on any atom is 0.165 e. The second-order valence-electron chi connectivity index (χ2n) is 3.38. The van der Waals surface area contributed by atoms with Gasteiger partial charge in [-0.15, -0.1) is 0 Å². The molecule has 0 N–H and O–H groups in total. The van der Waals surface area contributed by atoms with Gasteiger partial charge in [-0.25, -0.2) is 32.5 Å². The summed E-state index contributed by atoms with van der Waals surface area (Å²) in [4.78, 5) is 11.1. The third-order valence-corrected chi connectivity index (χ3v) is 2.46. The van der Waals surface area contributed by atoms with E-state index in [-0.39, 0.29) is 17.5 Å². The molecule has 1 heterocycles. The largest absolute Gasteiger partial charge is 0.221 e. The van der Waals surface area contributed by atoms with E-state index in [4.69, 9.17) is 0 Å². The molecule has 0 aliphatic carbocycles. The summed E-state index contributed by atoms with van der Waals surface area (Å²) in [6, 6.07) is 0.155. The summed E-state index contributed by atoms with van der Waals surface area (Å²) in [7, 11) is 2.17. The number of rotatable bonds is 2. The summed E-state index contributed by atoms with van der Waals surface area (Å²) in [5.41, 5.74) is -0.485. The number of aromatic nitrogens is 3. The zero-order valence-electron chi connectivity index (χ0n) is 8.79. The summed E-state index contributed by atoms with van der Waals surface area (Å²) in [6.45, 7) is 0. The van der Waals surface area contributed by atoms with E-state index in [1.165, 1.54) is 0 Å². The Hall–Kier alpha value is -1.62. The van der Waals surface area contributed by atoms with Gasteiger partial charge < -0.3 is 0 Å². The standard InChI is InChI=1S/C10H6F4N3P/c11-5-2-6(12)9(14)4(8(5)13)1-7-15-3-16-10(18)17-7/h2-3H,1,18H2. The first kappa shape index (κ1) is 12.8. The average molecular weight is 275 g/mol. The zero-order valence-corrected chi connectivity index (χ0v) is 9.95. The van der Waals surface area contributed by atoms with Crippen LogP contribution in [0.1, 0.15) is 11.4 Å². The van der Waals surface area contributed by atoms with Crippen LogP contribution in [0.2, 0.25) is 0 Å². The fraction of sp³-hybridized carbons (Fsp3) is 0.100. The summed E-state index contributed by atoms with van der Waals surface area (Å²) >= 11 is 0. The van der Waals surface area contributed by atoms with E-state index in [2.05, 4.69) is 24.2 Å². The number of hydrogen-bond donors (Lipinski definition) is 0. The fourth-order valence-corrected chi connectivity index (χ4v) is 1.58. The van der Waals surface area contributed by atoms with Crippen molar-refractivity contribution in [3.8, 4) is 0 Å². The van der Waals surface area contributed by atoms with Gasteiger partial charge in [0.05, 0.1) is 0 Å². The second-order valence-corrected chi connectivity index (χ2v) is 3.90. The molecule has 18 heavy (non-hydrogen) atoms. The topological polar surface area (TPSA) is 38.7 Å². The van der Waals surface area contributed by atoms with Gasteiger partial charge in [-0.3, -0.25) is 0 Å². The lowest BCUT2D eigenvalue weighted by molar-refractivity contribution is 0.441. The van der Waals surface area contributed by atoms with Gasteiger partial charge in [0, 0.05) is 18.1 Å². The van der Waals surface area contributed by atoms with Crippen molar-refractivity contribution in [3.05, 3.63) is 47.1 Å². The molecule has 0 fully saturated rings. The van der Waals surface area contributed by atoms with E-state index < -0.39 is 35.3 Å². The minimum absolute atomic E-state index is 0.0119. The van der Waals surface area contributed by atoms with Crippen molar-refractivity contribution < 1.29 is 17.6 Å². The predicted molar refractivity (Wildman–Crippen MR) is 58.3 cm³/mol. The van der Waals surface area contributed by atoms with Gasteiger partial charge in [0.2, 0.25) is 0 Å². The summed E-state index contributed by atoms with van der Waals surface area (Å²) in [5.74, 6) is -5.79. The van der Waals surface area contributed by atoms with Crippen LogP contribution in [0, 0.1) is 23.3 Å². The van der Waals surface area contributed by atoms with Crippen LogP contribution in [0.25, 0.3) is 0 Å². The molecule has 0 radical (unpaired) electrons. The highest BCUT2D eigenvalue weighted by molar-refractivity contribution is 7.26. The van der Waals surface area contributed by atoms with E-state index in [1.54, 1.807) is 0 Å². The summed E-state index contributed by atoms with van der Waals surface area (Å²) in [5, 5.41) is 0. The Morgan fingerprint density at radius 3 is 2.17 bits per heavy atom. The van der Waals surface area contributed by atoms with E-state index >= 15 is 0 Å². The zero-order chi connectivity index (χ0) is 13.3. The molecule has 1 atom stereocenters. The summed E-state index contributed by atoms with van der Waals surface area (Å²) in [6.07, 6.45) is 0.673. The lowest BCUT2D eigenvalue weighted by Crippen LogP contribution is -2.11. The van der Waals surface area contributed by atoms with Crippen LogP contribution in [0.5, 0.6) is 0 Å². The molecule has 1 aromatic carbocycles. The molecule has 1 unspecified atom stereocenters. The van der Waals surface area contributed by atoms with Crippen LogP contribution < -0.4 is 5.57 Å². The van der Waals surface area contributed by atoms with Crippen molar-refractivity contribution in [1.29, 1.82) is 0 Å². The number of nitrogens with zero attached hydrogens (tertiary/aromatic N) is 3. The average Bonchev–Trinajstić information content (AvgIpc) is 2.32. The molecule has 8 heteroatoms. The van der Waals surface area contributed by atoms with Crippen molar-refractivity contribution in [2.24, 2.45) is 0 Å². The van der Waals surface area contributed by atoms with Gasteiger partial charge in [-0.1, -0.05) is 9.24 Å². The van der Waals surface area contributed by atoms with Gasteiger partial charge in [-0.2, -0.15) is 0 Å². The molecule has 0 saturated carbocycles. The van der Waals surface area contributed by atoms with Gasteiger partial charge in [0.1, 0.15) is 17.7 Å². The molecule has 0 aliphatic heterocycles. The van der Waals surface area contributed by atoms with Crippen LogP contribution >= 0.6 is 9.24 Å².